The highest BCUT2D eigenvalue weighted by atomic mass is 16.4. The molecule has 0 unspecified atom stereocenters. The van der Waals surface area contributed by atoms with Crippen LogP contribution in [0.4, 0.5) is 4.79 Å². The Hall–Kier alpha value is -2.34. The lowest BCUT2D eigenvalue weighted by molar-refractivity contribution is 0.129. The molecule has 0 radical (unpaired) electrons. The van der Waals surface area contributed by atoms with Crippen molar-refractivity contribution < 1.29 is 14.3 Å². The van der Waals surface area contributed by atoms with Crippen molar-refractivity contribution in [2.45, 2.75) is 52.3 Å². The average Bonchev–Trinajstić information content (AvgIpc) is 3.07. The highest BCUT2D eigenvalue weighted by molar-refractivity contribution is 5.74. The number of carbonyl (C=O) groups excluding carboxylic acids is 1. The van der Waals surface area contributed by atoms with Crippen molar-refractivity contribution in [3.8, 4) is 0 Å². The number of urea groups is 1. The smallest absolute Gasteiger partial charge is 0.315 e. The molecule has 3 N–H and O–H groups in total. The van der Waals surface area contributed by atoms with Gasteiger partial charge in [0.05, 0.1) is 18.0 Å². The third-order valence-corrected chi connectivity index (χ3v) is 4.12. The fraction of sp³-hybridized carbons (Fsp3) is 0.474. The van der Waals surface area contributed by atoms with Crippen LogP contribution in [0.2, 0.25) is 0 Å². The van der Waals surface area contributed by atoms with Crippen molar-refractivity contribution in [1.29, 1.82) is 0 Å². The predicted molar refractivity (Wildman–Crippen MR) is 96.0 cm³/mol. The standard InChI is InChI=1S/C19H27N3O3/c1-12(2)17(18-13(3)7-5-9-20-18)22-19(24)21-14(4)11-15(23)16-8-6-10-25-16/h5-10,12,14-15,17,23H,11H2,1-4H3,(H2,21,22,24)/t14-,15-,17-/m1/s1. The van der Waals surface area contributed by atoms with Crippen LogP contribution in [-0.2, 0) is 0 Å². The molecule has 2 aromatic heterocycles. The van der Waals surface area contributed by atoms with Crippen molar-refractivity contribution in [2.24, 2.45) is 5.92 Å². The number of pyridine rings is 1. The maximum atomic E-state index is 12.4. The van der Waals surface area contributed by atoms with Crippen molar-refractivity contribution in [3.05, 3.63) is 53.7 Å². The van der Waals surface area contributed by atoms with Gasteiger partial charge in [0.2, 0.25) is 0 Å². The number of aliphatic hydroxyl groups is 1. The SMILES string of the molecule is Cc1cccnc1[C@H](NC(=O)N[C@H](C)C[C@@H](O)c1ccco1)C(C)C. The van der Waals surface area contributed by atoms with Crippen LogP contribution in [0.1, 0.15) is 56.4 Å². The molecule has 0 bridgehead atoms. The molecule has 3 atom stereocenters. The molecule has 0 aliphatic rings. The Labute approximate surface area is 148 Å². The molecule has 6 nitrogen and oxygen atoms in total. The van der Waals surface area contributed by atoms with Gasteiger partial charge in [0, 0.05) is 18.7 Å². The molecule has 2 rings (SSSR count). The Morgan fingerprint density at radius 2 is 2.00 bits per heavy atom. The van der Waals surface area contributed by atoms with E-state index in [1.807, 2.05) is 39.8 Å². The van der Waals surface area contributed by atoms with Gasteiger partial charge in [-0.1, -0.05) is 19.9 Å². The Balaban J connectivity index is 1.94. The van der Waals surface area contributed by atoms with Crippen molar-refractivity contribution in [2.75, 3.05) is 0 Å². The third-order valence-electron chi connectivity index (χ3n) is 4.12. The zero-order valence-corrected chi connectivity index (χ0v) is 15.2. The second kappa shape index (κ2) is 8.67. The number of nitrogens with one attached hydrogen (secondary N) is 2. The summed E-state index contributed by atoms with van der Waals surface area (Å²) in [5.74, 6) is 0.696. The summed E-state index contributed by atoms with van der Waals surface area (Å²) in [6.45, 7) is 7.92. The molecule has 0 spiro atoms. The molecule has 25 heavy (non-hydrogen) atoms. The van der Waals surface area contributed by atoms with E-state index in [0.29, 0.717) is 12.2 Å². The van der Waals surface area contributed by atoms with Crippen LogP contribution in [0.25, 0.3) is 0 Å². The van der Waals surface area contributed by atoms with Gasteiger partial charge in [0.15, 0.2) is 0 Å². The lowest BCUT2D eigenvalue weighted by Gasteiger charge is -2.25. The van der Waals surface area contributed by atoms with Crippen LogP contribution >= 0.6 is 0 Å². The van der Waals surface area contributed by atoms with Crippen LogP contribution in [0.15, 0.2) is 41.1 Å². The topological polar surface area (TPSA) is 87.4 Å². The van der Waals surface area contributed by atoms with E-state index in [1.54, 1.807) is 18.3 Å². The Bertz CT molecular complexity index is 670. The number of carbonyl (C=O) groups is 1. The summed E-state index contributed by atoms with van der Waals surface area (Å²) in [5.41, 5.74) is 1.92. The molecule has 136 valence electrons. The lowest BCUT2D eigenvalue weighted by Crippen LogP contribution is -2.44. The molecule has 2 heterocycles. The van der Waals surface area contributed by atoms with E-state index in [2.05, 4.69) is 15.6 Å². The second-order valence-corrected chi connectivity index (χ2v) is 6.71. The normalized spacial score (nSPS) is 14.8. The summed E-state index contributed by atoms with van der Waals surface area (Å²) in [5, 5.41) is 16.0. The van der Waals surface area contributed by atoms with Gasteiger partial charge < -0.3 is 20.2 Å². The van der Waals surface area contributed by atoms with Gasteiger partial charge in [-0.2, -0.15) is 0 Å². The van der Waals surface area contributed by atoms with E-state index in [4.69, 9.17) is 4.42 Å². The highest BCUT2D eigenvalue weighted by Crippen LogP contribution is 2.23. The average molecular weight is 345 g/mol. The Morgan fingerprint density at radius 1 is 1.24 bits per heavy atom. The molecular weight excluding hydrogens is 318 g/mol. The minimum atomic E-state index is -0.746. The highest BCUT2D eigenvalue weighted by Gasteiger charge is 2.22. The van der Waals surface area contributed by atoms with Gasteiger partial charge in [-0.25, -0.2) is 4.79 Å². The monoisotopic (exact) mass is 345 g/mol. The van der Waals surface area contributed by atoms with E-state index in [-0.39, 0.29) is 24.0 Å². The van der Waals surface area contributed by atoms with Crippen LogP contribution in [0, 0.1) is 12.8 Å². The van der Waals surface area contributed by atoms with E-state index < -0.39 is 6.10 Å². The quantitative estimate of drug-likeness (QED) is 0.717. The molecule has 0 aromatic carbocycles. The molecule has 0 aliphatic heterocycles. The number of hydrogen-bond donors (Lipinski definition) is 3. The summed E-state index contributed by atoms with van der Waals surface area (Å²) in [6.07, 6.45) is 2.88. The zero-order chi connectivity index (χ0) is 18.4. The summed E-state index contributed by atoms with van der Waals surface area (Å²) in [6, 6.07) is 6.65. The van der Waals surface area contributed by atoms with E-state index in [0.717, 1.165) is 11.3 Å². The number of rotatable bonds is 7. The van der Waals surface area contributed by atoms with Gasteiger partial charge in [-0.15, -0.1) is 0 Å². The van der Waals surface area contributed by atoms with Crippen LogP contribution in [-0.4, -0.2) is 22.2 Å². The first-order valence-electron chi connectivity index (χ1n) is 8.58. The van der Waals surface area contributed by atoms with Gasteiger partial charge in [-0.3, -0.25) is 4.98 Å². The fourth-order valence-electron chi connectivity index (χ4n) is 2.77. The molecule has 6 heteroatoms. The minimum absolute atomic E-state index is 0.177. The first-order valence-corrected chi connectivity index (χ1v) is 8.58. The molecule has 2 amide bonds. The lowest BCUT2D eigenvalue weighted by atomic mass is 9.97. The molecular formula is C19H27N3O3. The third kappa shape index (κ3) is 5.32. The summed E-state index contributed by atoms with van der Waals surface area (Å²) in [7, 11) is 0. The number of amides is 2. The summed E-state index contributed by atoms with van der Waals surface area (Å²) >= 11 is 0. The van der Waals surface area contributed by atoms with Gasteiger partial charge in [0.25, 0.3) is 0 Å². The summed E-state index contributed by atoms with van der Waals surface area (Å²) in [4.78, 5) is 16.8. The van der Waals surface area contributed by atoms with Crippen LogP contribution in [0.5, 0.6) is 0 Å². The number of nitrogens with zero attached hydrogens (tertiary/aromatic N) is 1. The largest absolute Gasteiger partial charge is 0.467 e. The molecule has 2 aromatic rings. The molecule has 0 saturated carbocycles. The molecule has 0 fully saturated rings. The number of aromatic nitrogens is 1. The van der Waals surface area contributed by atoms with Crippen LogP contribution in [0.3, 0.4) is 0 Å². The first kappa shape index (κ1) is 19.0. The number of aryl methyl sites for hydroxylation is 1. The number of hydrogen-bond acceptors (Lipinski definition) is 4. The Morgan fingerprint density at radius 3 is 2.60 bits per heavy atom. The van der Waals surface area contributed by atoms with Gasteiger partial charge in [-0.05, 0) is 43.5 Å². The van der Waals surface area contributed by atoms with Gasteiger partial charge >= 0.3 is 6.03 Å². The van der Waals surface area contributed by atoms with Crippen molar-refractivity contribution in [3.63, 3.8) is 0 Å². The molecule has 0 saturated heterocycles. The van der Waals surface area contributed by atoms with E-state index in [1.165, 1.54) is 6.26 Å². The fourth-order valence-corrected chi connectivity index (χ4v) is 2.77. The maximum absolute atomic E-state index is 12.4. The maximum Gasteiger partial charge on any atom is 0.315 e. The molecule has 0 aliphatic carbocycles. The van der Waals surface area contributed by atoms with E-state index >= 15 is 0 Å². The zero-order valence-electron chi connectivity index (χ0n) is 15.2. The van der Waals surface area contributed by atoms with E-state index in [9.17, 15) is 9.90 Å². The first-order chi connectivity index (χ1) is 11.9. The number of furan rings is 1. The van der Waals surface area contributed by atoms with Crippen molar-refractivity contribution >= 4 is 6.03 Å². The summed E-state index contributed by atoms with van der Waals surface area (Å²) < 4.78 is 5.18. The number of aliphatic hydroxyl groups excluding tert-OH is 1. The van der Waals surface area contributed by atoms with Crippen LogP contribution < -0.4 is 10.6 Å². The predicted octanol–water partition coefficient (Wildman–Crippen LogP) is 3.49. The second-order valence-electron chi connectivity index (χ2n) is 6.71. The van der Waals surface area contributed by atoms with Crippen molar-refractivity contribution in [1.82, 2.24) is 15.6 Å². The Kier molecular flexibility index (Phi) is 6.58. The van der Waals surface area contributed by atoms with Gasteiger partial charge in [0.1, 0.15) is 11.9 Å². The minimum Gasteiger partial charge on any atom is -0.467 e.